The highest BCUT2D eigenvalue weighted by Crippen LogP contribution is 2.17. The van der Waals surface area contributed by atoms with Gasteiger partial charge in [0.2, 0.25) is 5.91 Å². The van der Waals surface area contributed by atoms with Crippen LogP contribution in [0.3, 0.4) is 0 Å². The van der Waals surface area contributed by atoms with Crippen LogP contribution in [0.2, 0.25) is 0 Å². The van der Waals surface area contributed by atoms with E-state index in [4.69, 9.17) is 5.11 Å². The number of aliphatic hydroxyl groups is 1. The van der Waals surface area contributed by atoms with Crippen molar-refractivity contribution in [2.45, 2.75) is 26.8 Å². The first-order valence-electron chi connectivity index (χ1n) is 5.88. The van der Waals surface area contributed by atoms with Crippen molar-refractivity contribution < 1.29 is 14.8 Å². The molecule has 0 radical (unpaired) electrons. The van der Waals surface area contributed by atoms with Gasteiger partial charge in [-0.2, -0.15) is 5.10 Å². The minimum absolute atomic E-state index is 0.0637. The van der Waals surface area contributed by atoms with Crippen molar-refractivity contribution >= 4 is 11.6 Å². The predicted molar refractivity (Wildman–Crippen MR) is 67.4 cm³/mol. The lowest BCUT2D eigenvalue weighted by Crippen LogP contribution is -2.36. The summed E-state index contributed by atoms with van der Waals surface area (Å²) in [6.45, 7) is 4.29. The SMILES string of the molecule is CC(C)(CCO)CNC(=O)Cn1cc([N+](=O)[O-])cn1. The Morgan fingerprint density at radius 2 is 2.32 bits per heavy atom. The molecule has 0 bridgehead atoms. The summed E-state index contributed by atoms with van der Waals surface area (Å²) in [4.78, 5) is 21.5. The molecule has 0 aromatic carbocycles. The van der Waals surface area contributed by atoms with E-state index in [2.05, 4.69) is 10.4 Å². The molecule has 0 spiro atoms. The van der Waals surface area contributed by atoms with Crippen molar-refractivity contribution in [1.29, 1.82) is 0 Å². The minimum Gasteiger partial charge on any atom is -0.396 e. The Morgan fingerprint density at radius 1 is 1.63 bits per heavy atom. The number of amides is 1. The Bertz CT molecular complexity index is 455. The monoisotopic (exact) mass is 270 g/mol. The van der Waals surface area contributed by atoms with Crippen LogP contribution in [0, 0.1) is 15.5 Å². The maximum Gasteiger partial charge on any atom is 0.307 e. The number of nitro groups is 1. The average Bonchev–Trinajstić information content (AvgIpc) is 2.75. The zero-order valence-electron chi connectivity index (χ0n) is 11.0. The van der Waals surface area contributed by atoms with E-state index >= 15 is 0 Å². The van der Waals surface area contributed by atoms with Gasteiger partial charge in [0.25, 0.3) is 0 Å². The van der Waals surface area contributed by atoms with Crippen molar-refractivity contribution in [2.75, 3.05) is 13.2 Å². The maximum absolute atomic E-state index is 11.6. The summed E-state index contributed by atoms with van der Waals surface area (Å²) < 4.78 is 1.21. The summed E-state index contributed by atoms with van der Waals surface area (Å²) in [5, 5.41) is 25.8. The topological polar surface area (TPSA) is 110 Å². The van der Waals surface area contributed by atoms with Gasteiger partial charge in [-0.1, -0.05) is 13.8 Å². The number of carbonyl (C=O) groups is 1. The molecule has 0 saturated carbocycles. The molecule has 8 heteroatoms. The summed E-state index contributed by atoms with van der Waals surface area (Å²) in [7, 11) is 0. The van der Waals surface area contributed by atoms with E-state index in [9.17, 15) is 14.9 Å². The fourth-order valence-corrected chi connectivity index (χ4v) is 1.47. The van der Waals surface area contributed by atoms with Gasteiger partial charge < -0.3 is 10.4 Å². The van der Waals surface area contributed by atoms with Crippen LogP contribution >= 0.6 is 0 Å². The largest absolute Gasteiger partial charge is 0.396 e. The molecule has 1 heterocycles. The summed E-state index contributed by atoms with van der Waals surface area (Å²) >= 11 is 0. The molecule has 8 nitrogen and oxygen atoms in total. The van der Waals surface area contributed by atoms with E-state index in [1.165, 1.54) is 10.9 Å². The van der Waals surface area contributed by atoms with E-state index < -0.39 is 4.92 Å². The second-order valence-corrected chi connectivity index (χ2v) is 5.07. The Kier molecular flexibility index (Phi) is 4.99. The maximum atomic E-state index is 11.6. The quantitative estimate of drug-likeness (QED) is 0.547. The third kappa shape index (κ3) is 5.04. The van der Waals surface area contributed by atoms with Gasteiger partial charge in [-0.15, -0.1) is 0 Å². The van der Waals surface area contributed by atoms with Crippen LogP contribution in [0.5, 0.6) is 0 Å². The first-order chi connectivity index (χ1) is 8.84. The van der Waals surface area contributed by atoms with Crippen LogP contribution in [0.25, 0.3) is 0 Å². The molecule has 0 aliphatic carbocycles. The van der Waals surface area contributed by atoms with E-state index in [1.54, 1.807) is 0 Å². The lowest BCUT2D eigenvalue weighted by atomic mass is 9.90. The van der Waals surface area contributed by atoms with Gasteiger partial charge in [0.15, 0.2) is 0 Å². The van der Waals surface area contributed by atoms with Crippen LogP contribution in [0.1, 0.15) is 20.3 Å². The molecule has 106 valence electrons. The molecule has 0 atom stereocenters. The molecular weight excluding hydrogens is 252 g/mol. The molecule has 1 rings (SSSR count). The van der Waals surface area contributed by atoms with Gasteiger partial charge in [0, 0.05) is 13.2 Å². The number of hydrogen-bond acceptors (Lipinski definition) is 5. The van der Waals surface area contributed by atoms with E-state index in [-0.39, 0.29) is 30.2 Å². The van der Waals surface area contributed by atoms with Gasteiger partial charge in [-0.25, -0.2) is 0 Å². The van der Waals surface area contributed by atoms with Crippen LogP contribution in [-0.2, 0) is 11.3 Å². The van der Waals surface area contributed by atoms with Gasteiger partial charge in [0.1, 0.15) is 18.9 Å². The molecule has 1 aromatic heterocycles. The molecule has 1 aromatic rings. The van der Waals surface area contributed by atoms with Crippen molar-refractivity contribution in [3.05, 3.63) is 22.5 Å². The fourth-order valence-electron chi connectivity index (χ4n) is 1.47. The summed E-state index contributed by atoms with van der Waals surface area (Å²) in [5.41, 5.74) is -0.339. The number of rotatable bonds is 7. The van der Waals surface area contributed by atoms with E-state index in [0.29, 0.717) is 13.0 Å². The van der Waals surface area contributed by atoms with Gasteiger partial charge in [-0.3, -0.25) is 19.6 Å². The van der Waals surface area contributed by atoms with Crippen molar-refractivity contribution in [2.24, 2.45) is 5.41 Å². The molecule has 0 saturated heterocycles. The average molecular weight is 270 g/mol. The molecule has 0 fully saturated rings. The molecule has 0 unspecified atom stereocenters. The van der Waals surface area contributed by atoms with Gasteiger partial charge in [0.05, 0.1) is 4.92 Å². The lowest BCUT2D eigenvalue weighted by Gasteiger charge is -2.23. The number of carbonyl (C=O) groups excluding carboxylic acids is 1. The molecule has 19 heavy (non-hydrogen) atoms. The van der Waals surface area contributed by atoms with Crippen molar-refractivity contribution in [3.63, 3.8) is 0 Å². The Balaban J connectivity index is 2.44. The van der Waals surface area contributed by atoms with Crippen LogP contribution in [0.15, 0.2) is 12.4 Å². The van der Waals surface area contributed by atoms with Crippen molar-refractivity contribution in [3.8, 4) is 0 Å². The van der Waals surface area contributed by atoms with Gasteiger partial charge >= 0.3 is 5.69 Å². The molecule has 0 aliphatic heterocycles. The second-order valence-electron chi connectivity index (χ2n) is 5.07. The second kappa shape index (κ2) is 6.28. The molecule has 2 N–H and O–H groups in total. The molecule has 1 amide bonds. The highest BCUT2D eigenvalue weighted by Gasteiger charge is 2.18. The third-order valence-electron chi connectivity index (χ3n) is 2.69. The number of nitrogens with one attached hydrogen (secondary N) is 1. The van der Waals surface area contributed by atoms with Gasteiger partial charge in [-0.05, 0) is 11.8 Å². The first kappa shape index (κ1) is 15.1. The normalized spacial score (nSPS) is 11.3. The highest BCUT2D eigenvalue weighted by atomic mass is 16.6. The number of aromatic nitrogens is 2. The van der Waals surface area contributed by atoms with Crippen LogP contribution in [0.4, 0.5) is 5.69 Å². The van der Waals surface area contributed by atoms with Crippen molar-refractivity contribution in [1.82, 2.24) is 15.1 Å². The summed E-state index contributed by atoms with van der Waals surface area (Å²) in [6.07, 6.45) is 2.89. The molecule has 0 aliphatic rings. The number of aliphatic hydroxyl groups excluding tert-OH is 1. The Labute approximate surface area is 110 Å². The fraction of sp³-hybridized carbons (Fsp3) is 0.636. The smallest absolute Gasteiger partial charge is 0.307 e. The number of nitrogens with zero attached hydrogens (tertiary/aromatic N) is 3. The molecular formula is C11H18N4O4. The summed E-state index contributed by atoms with van der Waals surface area (Å²) in [5.74, 6) is -0.274. The zero-order valence-corrected chi connectivity index (χ0v) is 11.0. The zero-order chi connectivity index (χ0) is 14.5. The van der Waals surface area contributed by atoms with E-state index in [1.807, 2.05) is 13.8 Å². The first-order valence-corrected chi connectivity index (χ1v) is 5.88. The third-order valence-corrected chi connectivity index (χ3v) is 2.69. The van der Waals surface area contributed by atoms with Crippen LogP contribution in [-0.4, -0.2) is 38.9 Å². The minimum atomic E-state index is -0.564. The van der Waals surface area contributed by atoms with Crippen LogP contribution < -0.4 is 5.32 Å². The highest BCUT2D eigenvalue weighted by molar-refractivity contribution is 5.75. The number of hydrogen-bond donors (Lipinski definition) is 2. The predicted octanol–water partition coefficient (Wildman–Crippen LogP) is 0.316. The van der Waals surface area contributed by atoms with E-state index in [0.717, 1.165) is 6.20 Å². The summed E-state index contributed by atoms with van der Waals surface area (Å²) in [6, 6.07) is 0. The lowest BCUT2D eigenvalue weighted by molar-refractivity contribution is -0.385. The Morgan fingerprint density at radius 3 is 2.84 bits per heavy atom. The standard InChI is InChI=1S/C11H18N4O4/c1-11(2,3-4-16)8-12-10(17)7-14-6-9(5-13-14)15(18)19/h5-6,16H,3-4,7-8H2,1-2H3,(H,12,17). The Hall–Kier alpha value is -1.96.